The number of fused-ring (bicyclic) bond motifs is 1. The van der Waals surface area contributed by atoms with E-state index in [9.17, 15) is 14.7 Å². The number of aliphatic hydroxyl groups excluding tert-OH is 1. The molecule has 2 aromatic heterocycles. The number of allylic oxidation sites excluding steroid dienone is 1. The van der Waals surface area contributed by atoms with Crippen LogP contribution in [0.15, 0.2) is 51.1 Å². The zero-order valence-corrected chi connectivity index (χ0v) is 15.9. The number of hydrazone groups is 1. The number of hydrogen-bond acceptors (Lipinski definition) is 6. The number of benzene rings is 1. The van der Waals surface area contributed by atoms with Crippen molar-refractivity contribution in [3.8, 4) is 0 Å². The highest BCUT2D eigenvalue weighted by molar-refractivity contribution is 5.96. The first-order valence-corrected chi connectivity index (χ1v) is 8.78. The van der Waals surface area contributed by atoms with E-state index >= 15 is 0 Å². The van der Waals surface area contributed by atoms with Crippen molar-refractivity contribution in [2.24, 2.45) is 12.1 Å². The molecule has 0 bridgehead atoms. The molecular formula is C19H22N6O3. The van der Waals surface area contributed by atoms with Crippen LogP contribution in [-0.4, -0.2) is 36.0 Å². The fourth-order valence-electron chi connectivity index (χ4n) is 2.72. The minimum Gasteiger partial charge on any atom is -0.392 e. The number of aromatic nitrogens is 4. The van der Waals surface area contributed by atoms with E-state index in [-0.39, 0.29) is 23.7 Å². The Morgan fingerprint density at radius 3 is 2.75 bits per heavy atom. The maximum atomic E-state index is 12.3. The fourth-order valence-corrected chi connectivity index (χ4v) is 2.72. The highest BCUT2D eigenvalue weighted by Gasteiger charge is 2.18. The minimum absolute atomic E-state index is 0.120. The van der Waals surface area contributed by atoms with Crippen LogP contribution in [0.1, 0.15) is 19.4 Å². The summed E-state index contributed by atoms with van der Waals surface area (Å²) in [5.74, 6) is 0.259. The summed E-state index contributed by atoms with van der Waals surface area (Å²) in [5, 5.41) is 14.1. The van der Waals surface area contributed by atoms with Crippen molar-refractivity contribution in [3.63, 3.8) is 0 Å². The zero-order valence-electron chi connectivity index (χ0n) is 15.9. The third-order valence-electron chi connectivity index (χ3n) is 4.10. The lowest BCUT2D eigenvalue weighted by Gasteiger charge is -2.10. The Labute approximate surface area is 160 Å². The van der Waals surface area contributed by atoms with E-state index in [2.05, 4.69) is 20.5 Å². The number of aliphatic hydroxyl groups is 1. The minimum atomic E-state index is -0.724. The van der Waals surface area contributed by atoms with Crippen LogP contribution in [0.3, 0.4) is 0 Å². The second-order valence-corrected chi connectivity index (χ2v) is 6.49. The van der Waals surface area contributed by atoms with Crippen LogP contribution in [0.4, 0.5) is 5.95 Å². The summed E-state index contributed by atoms with van der Waals surface area (Å²) in [6, 6.07) is 9.80. The Kier molecular flexibility index (Phi) is 5.55. The Hall–Kier alpha value is -3.46. The van der Waals surface area contributed by atoms with Crippen molar-refractivity contribution in [2.75, 3.05) is 5.43 Å². The standard InChI is InChI=1S/C19H22N6O3/c1-12(9-10-14-7-5-4-6-8-14)22-23-18-20-16-15(25(18)11-13(2)26)17(27)21-19(28)24(16)3/h4-10,13,26H,11H2,1-3H3,(H,20,23)(H,21,27,28)/b10-9+,22-12-/t13-/m0/s1. The Morgan fingerprint density at radius 1 is 1.36 bits per heavy atom. The second-order valence-electron chi connectivity index (χ2n) is 6.49. The molecule has 9 nitrogen and oxygen atoms in total. The van der Waals surface area contributed by atoms with Crippen molar-refractivity contribution < 1.29 is 5.11 Å². The molecular weight excluding hydrogens is 360 g/mol. The number of H-pyrrole nitrogens is 1. The molecule has 1 atom stereocenters. The van der Waals surface area contributed by atoms with Gasteiger partial charge in [-0.1, -0.05) is 36.4 Å². The summed E-state index contributed by atoms with van der Waals surface area (Å²) in [5.41, 5.74) is 3.83. The average Bonchev–Trinajstić information content (AvgIpc) is 3.02. The van der Waals surface area contributed by atoms with E-state index in [4.69, 9.17) is 0 Å². The van der Waals surface area contributed by atoms with E-state index in [1.807, 2.05) is 49.4 Å². The third kappa shape index (κ3) is 4.09. The molecule has 3 rings (SSSR count). The molecule has 0 spiro atoms. The maximum Gasteiger partial charge on any atom is 0.329 e. The fraction of sp³-hybridized carbons (Fsp3) is 0.263. The average molecular weight is 382 g/mol. The van der Waals surface area contributed by atoms with Crippen LogP contribution < -0.4 is 16.7 Å². The largest absolute Gasteiger partial charge is 0.392 e. The summed E-state index contributed by atoms with van der Waals surface area (Å²) in [6.07, 6.45) is 3.04. The lowest BCUT2D eigenvalue weighted by atomic mass is 10.2. The van der Waals surface area contributed by atoms with Crippen LogP contribution >= 0.6 is 0 Å². The monoisotopic (exact) mass is 382 g/mol. The third-order valence-corrected chi connectivity index (χ3v) is 4.10. The number of hydrogen-bond donors (Lipinski definition) is 3. The molecule has 0 amide bonds. The van der Waals surface area contributed by atoms with Crippen molar-refractivity contribution in [1.29, 1.82) is 0 Å². The number of rotatable bonds is 6. The molecule has 0 aliphatic rings. The first-order chi connectivity index (χ1) is 13.4. The summed E-state index contributed by atoms with van der Waals surface area (Å²) >= 11 is 0. The number of aromatic amines is 1. The van der Waals surface area contributed by atoms with Gasteiger partial charge in [0.15, 0.2) is 11.2 Å². The van der Waals surface area contributed by atoms with Crippen molar-refractivity contribution in [1.82, 2.24) is 19.1 Å². The predicted molar refractivity (Wildman–Crippen MR) is 109 cm³/mol. The van der Waals surface area contributed by atoms with Gasteiger partial charge in [0, 0.05) is 7.05 Å². The van der Waals surface area contributed by atoms with Gasteiger partial charge in [0.25, 0.3) is 5.56 Å². The number of anilines is 1. The molecule has 0 aliphatic heterocycles. The van der Waals surface area contributed by atoms with Crippen LogP contribution in [0, 0.1) is 0 Å². The molecule has 9 heteroatoms. The normalized spacial score (nSPS) is 13.4. The van der Waals surface area contributed by atoms with E-state index < -0.39 is 17.4 Å². The topological polar surface area (TPSA) is 117 Å². The Morgan fingerprint density at radius 2 is 2.07 bits per heavy atom. The molecule has 0 aliphatic carbocycles. The van der Waals surface area contributed by atoms with Gasteiger partial charge in [0.1, 0.15) is 0 Å². The second kappa shape index (κ2) is 8.05. The number of imidazole rings is 1. The van der Waals surface area contributed by atoms with Gasteiger partial charge in [-0.15, -0.1) is 0 Å². The van der Waals surface area contributed by atoms with Crippen LogP contribution in [0.5, 0.6) is 0 Å². The Bertz CT molecular complexity index is 1150. The molecule has 28 heavy (non-hydrogen) atoms. The van der Waals surface area contributed by atoms with Gasteiger partial charge in [0.05, 0.1) is 18.4 Å². The van der Waals surface area contributed by atoms with E-state index in [0.29, 0.717) is 5.71 Å². The lowest BCUT2D eigenvalue weighted by molar-refractivity contribution is 0.175. The lowest BCUT2D eigenvalue weighted by Crippen LogP contribution is -2.29. The predicted octanol–water partition coefficient (Wildman–Crippen LogP) is 1.31. The van der Waals surface area contributed by atoms with Gasteiger partial charge in [-0.05, 0) is 25.5 Å². The maximum absolute atomic E-state index is 12.3. The molecule has 1 aromatic carbocycles. The van der Waals surface area contributed by atoms with Crippen LogP contribution in [-0.2, 0) is 13.6 Å². The summed E-state index contributed by atoms with van der Waals surface area (Å²) in [4.78, 5) is 30.7. The molecule has 0 saturated carbocycles. The summed E-state index contributed by atoms with van der Waals surface area (Å²) in [7, 11) is 1.52. The molecule has 0 saturated heterocycles. The van der Waals surface area contributed by atoms with Crippen LogP contribution in [0.2, 0.25) is 0 Å². The zero-order chi connectivity index (χ0) is 20.3. The van der Waals surface area contributed by atoms with Crippen molar-refractivity contribution in [3.05, 3.63) is 62.8 Å². The van der Waals surface area contributed by atoms with Gasteiger partial charge < -0.3 is 9.67 Å². The number of aryl methyl sites for hydroxylation is 1. The molecule has 146 valence electrons. The molecule has 2 heterocycles. The molecule has 3 N–H and O–H groups in total. The van der Waals surface area contributed by atoms with Crippen molar-refractivity contribution >= 4 is 28.9 Å². The molecule has 3 aromatic rings. The van der Waals surface area contributed by atoms with Gasteiger partial charge in [-0.25, -0.2) is 10.2 Å². The molecule has 0 unspecified atom stereocenters. The molecule has 0 radical (unpaired) electrons. The van der Waals surface area contributed by atoms with E-state index in [1.54, 1.807) is 6.92 Å². The number of nitrogens with one attached hydrogen (secondary N) is 2. The van der Waals surface area contributed by atoms with Crippen molar-refractivity contribution in [2.45, 2.75) is 26.5 Å². The smallest absolute Gasteiger partial charge is 0.329 e. The quantitative estimate of drug-likeness (QED) is 0.439. The van der Waals surface area contributed by atoms with Crippen LogP contribution in [0.25, 0.3) is 17.2 Å². The highest BCUT2D eigenvalue weighted by Crippen LogP contribution is 2.16. The van der Waals surface area contributed by atoms with E-state index in [0.717, 1.165) is 5.56 Å². The highest BCUT2D eigenvalue weighted by atomic mass is 16.3. The summed E-state index contributed by atoms with van der Waals surface area (Å²) in [6.45, 7) is 3.54. The number of nitrogens with zero attached hydrogens (tertiary/aromatic N) is 4. The van der Waals surface area contributed by atoms with Gasteiger partial charge in [-0.2, -0.15) is 10.1 Å². The first kappa shape index (κ1) is 19.3. The SMILES string of the molecule is CC(/C=C/c1ccccc1)=N/Nc1nc2c(c(=O)[nH]c(=O)n2C)n1C[C@H](C)O. The van der Waals surface area contributed by atoms with Gasteiger partial charge in [-0.3, -0.25) is 14.3 Å². The van der Waals surface area contributed by atoms with Gasteiger partial charge >= 0.3 is 5.69 Å². The first-order valence-electron chi connectivity index (χ1n) is 8.78. The van der Waals surface area contributed by atoms with Gasteiger partial charge in [0.2, 0.25) is 5.95 Å². The molecule has 0 fully saturated rings. The summed E-state index contributed by atoms with van der Waals surface area (Å²) < 4.78 is 2.75. The van der Waals surface area contributed by atoms with E-state index in [1.165, 1.54) is 16.2 Å². The Balaban J connectivity index is 1.97.